The van der Waals surface area contributed by atoms with Crippen LogP contribution >= 0.6 is 31.9 Å². The van der Waals surface area contributed by atoms with Crippen molar-refractivity contribution in [3.63, 3.8) is 0 Å². The van der Waals surface area contributed by atoms with Gasteiger partial charge in [0.25, 0.3) is 0 Å². The summed E-state index contributed by atoms with van der Waals surface area (Å²) in [6.45, 7) is 6.43. The molecule has 0 radical (unpaired) electrons. The highest BCUT2D eigenvalue weighted by molar-refractivity contribution is 9.11. The van der Waals surface area contributed by atoms with Crippen molar-refractivity contribution in [3.8, 4) is 5.75 Å². The first-order valence-corrected chi connectivity index (χ1v) is 8.37. The molecule has 1 N–H and O–H groups in total. The molecule has 0 amide bonds. The fourth-order valence-electron chi connectivity index (χ4n) is 2.33. The zero-order valence-electron chi connectivity index (χ0n) is 12.6. The van der Waals surface area contributed by atoms with Gasteiger partial charge in [-0.25, -0.2) is 0 Å². The number of anilines is 1. The quantitative estimate of drug-likeness (QED) is 0.663. The summed E-state index contributed by atoms with van der Waals surface area (Å²) in [5.41, 5.74) is 4.89. The largest absolute Gasteiger partial charge is 0.495 e. The van der Waals surface area contributed by atoms with E-state index in [1.807, 2.05) is 12.1 Å². The molecular formula is C17H19Br2NO. The van der Waals surface area contributed by atoms with E-state index in [1.165, 1.54) is 16.7 Å². The molecule has 0 saturated heterocycles. The Balaban J connectivity index is 2.31. The predicted molar refractivity (Wildman–Crippen MR) is 96.3 cm³/mol. The number of methoxy groups -OCH3 is 1. The van der Waals surface area contributed by atoms with Crippen molar-refractivity contribution in [2.24, 2.45) is 0 Å². The lowest BCUT2D eigenvalue weighted by molar-refractivity contribution is 0.412. The van der Waals surface area contributed by atoms with E-state index in [1.54, 1.807) is 7.11 Å². The Hall–Kier alpha value is -1.000. The zero-order valence-corrected chi connectivity index (χ0v) is 15.8. The van der Waals surface area contributed by atoms with Gasteiger partial charge in [0.15, 0.2) is 0 Å². The van der Waals surface area contributed by atoms with Crippen LogP contribution in [0.2, 0.25) is 0 Å². The van der Waals surface area contributed by atoms with Gasteiger partial charge in [0.2, 0.25) is 0 Å². The minimum Gasteiger partial charge on any atom is -0.495 e. The Bertz CT molecular complexity index is 655. The average Bonchev–Trinajstić information content (AvgIpc) is 2.44. The van der Waals surface area contributed by atoms with Crippen LogP contribution in [0.25, 0.3) is 0 Å². The average molecular weight is 413 g/mol. The number of aryl methyl sites for hydroxylation is 2. The van der Waals surface area contributed by atoms with Crippen LogP contribution in [-0.2, 0) is 0 Å². The highest BCUT2D eigenvalue weighted by atomic mass is 79.9. The van der Waals surface area contributed by atoms with Crippen LogP contribution in [0.1, 0.15) is 29.7 Å². The second-order valence-corrected chi connectivity index (χ2v) is 6.90. The predicted octanol–water partition coefficient (Wildman–Crippen LogP) is 6.01. The Kier molecular flexibility index (Phi) is 5.33. The molecule has 0 fully saturated rings. The zero-order chi connectivity index (χ0) is 15.6. The third-order valence-electron chi connectivity index (χ3n) is 3.51. The molecule has 0 saturated carbocycles. The summed E-state index contributed by atoms with van der Waals surface area (Å²) in [6, 6.07) is 10.8. The molecule has 0 aliphatic heterocycles. The number of halogens is 2. The smallest absolute Gasteiger partial charge is 0.135 e. The van der Waals surface area contributed by atoms with E-state index in [0.717, 1.165) is 20.4 Å². The summed E-state index contributed by atoms with van der Waals surface area (Å²) >= 11 is 7.09. The molecule has 0 spiro atoms. The number of nitrogens with one attached hydrogen (secondary N) is 1. The molecule has 0 aliphatic carbocycles. The van der Waals surface area contributed by atoms with Crippen molar-refractivity contribution >= 4 is 37.5 Å². The minimum atomic E-state index is 0.215. The number of rotatable bonds is 4. The maximum atomic E-state index is 5.36. The first-order valence-electron chi connectivity index (χ1n) is 6.79. The molecule has 2 rings (SSSR count). The Morgan fingerprint density at radius 2 is 1.76 bits per heavy atom. The number of benzene rings is 2. The van der Waals surface area contributed by atoms with E-state index in [-0.39, 0.29) is 6.04 Å². The van der Waals surface area contributed by atoms with Gasteiger partial charge in [-0.15, -0.1) is 0 Å². The molecule has 0 aliphatic rings. The van der Waals surface area contributed by atoms with E-state index < -0.39 is 0 Å². The van der Waals surface area contributed by atoms with Crippen molar-refractivity contribution in [2.75, 3.05) is 12.4 Å². The molecule has 1 atom stereocenters. The molecule has 1 unspecified atom stereocenters. The van der Waals surface area contributed by atoms with Crippen molar-refractivity contribution in [1.29, 1.82) is 0 Å². The van der Waals surface area contributed by atoms with E-state index in [4.69, 9.17) is 4.74 Å². The summed E-state index contributed by atoms with van der Waals surface area (Å²) < 4.78 is 7.30. The number of hydrogen-bond acceptors (Lipinski definition) is 2. The van der Waals surface area contributed by atoms with Gasteiger partial charge >= 0.3 is 0 Å². The lowest BCUT2D eigenvalue weighted by Crippen LogP contribution is -2.09. The molecule has 0 bridgehead atoms. The van der Waals surface area contributed by atoms with Gasteiger partial charge in [0, 0.05) is 16.6 Å². The van der Waals surface area contributed by atoms with E-state index >= 15 is 0 Å². The number of ether oxygens (including phenoxy) is 1. The van der Waals surface area contributed by atoms with Crippen molar-refractivity contribution in [1.82, 2.24) is 0 Å². The van der Waals surface area contributed by atoms with Crippen molar-refractivity contribution < 1.29 is 4.74 Å². The van der Waals surface area contributed by atoms with E-state index in [9.17, 15) is 0 Å². The first-order chi connectivity index (χ1) is 9.92. The monoisotopic (exact) mass is 411 g/mol. The van der Waals surface area contributed by atoms with Gasteiger partial charge in [-0.05, 0) is 69.8 Å². The molecule has 2 aromatic rings. The van der Waals surface area contributed by atoms with Crippen LogP contribution in [0, 0.1) is 13.8 Å². The maximum Gasteiger partial charge on any atom is 0.135 e. The molecule has 4 heteroatoms. The normalized spacial score (nSPS) is 12.1. The molecular weight excluding hydrogens is 394 g/mol. The van der Waals surface area contributed by atoms with Crippen LogP contribution in [0.4, 0.5) is 5.69 Å². The second kappa shape index (κ2) is 6.84. The van der Waals surface area contributed by atoms with Crippen LogP contribution < -0.4 is 10.1 Å². The molecule has 112 valence electrons. The second-order valence-electron chi connectivity index (χ2n) is 5.19. The summed E-state index contributed by atoms with van der Waals surface area (Å²) in [6.07, 6.45) is 0. The van der Waals surface area contributed by atoms with E-state index in [0.29, 0.717) is 0 Å². The van der Waals surface area contributed by atoms with Crippen LogP contribution in [0.3, 0.4) is 0 Å². The molecule has 2 aromatic carbocycles. The third-order valence-corrected chi connectivity index (χ3v) is 4.79. The highest BCUT2D eigenvalue weighted by Crippen LogP contribution is 2.36. The van der Waals surface area contributed by atoms with Crippen molar-refractivity contribution in [2.45, 2.75) is 26.8 Å². The number of hydrogen-bond donors (Lipinski definition) is 1. The lowest BCUT2D eigenvalue weighted by Gasteiger charge is -2.20. The standard InChI is InChI=1S/C17H19Br2NO/c1-10-5-6-11(2)13(7-10)12(3)20-16-9-17(21-4)15(19)8-14(16)18/h5-9,12,20H,1-4H3. The Labute approximate surface area is 143 Å². The third kappa shape index (κ3) is 3.80. The Morgan fingerprint density at radius 1 is 1.05 bits per heavy atom. The fraction of sp³-hybridized carbons (Fsp3) is 0.294. The molecule has 0 aromatic heterocycles. The van der Waals surface area contributed by atoms with E-state index in [2.05, 4.69) is 76.1 Å². The fourth-order valence-corrected chi connectivity index (χ4v) is 3.60. The highest BCUT2D eigenvalue weighted by Gasteiger charge is 2.12. The SMILES string of the molecule is COc1cc(NC(C)c2cc(C)ccc2C)c(Br)cc1Br. The molecule has 0 heterocycles. The first kappa shape index (κ1) is 16.4. The van der Waals surface area contributed by atoms with Crippen LogP contribution in [0.5, 0.6) is 5.75 Å². The summed E-state index contributed by atoms with van der Waals surface area (Å²) in [5.74, 6) is 0.814. The van der Waals surface area contributed by atoms with Gasteiger partial charge in [0.05, 0.1) is 17.3 Å². The Morgan fingerprint density at radius 3 is 2.43 bits per heavy atom. The maximum absolute atomic E-state index is 5.36. The minimum absolute atomic E-state index is 0.215. The van der Waals surface area contributed by atoms with Gasteiger partial charge in [-0.2, -0.15) is 0 Å². The lowest BCUT2D eigenvalue weighted by atomic mass is 10.00. The van der Waals surface area contributed by atoms with Crippen molar-refractivity contribution in [3.05, 3.63) is 56.0 Å². The van der Waals surface area contributed by atoms with Gasteiger partial charge in [-0.3, -0.25) is 0 Å². The summed E-state index contributed by atoms with van der Waals surface area (Å²) in [4.78, 5) is 0. The topological polar surface area (TPSA) is 21.3 Å². The molecule has 21 heavy (non-hydrogen) atoms. The van der Waals surface area contributed by atoms with Gasteiger partial charge in [0.1, 0.15) is 5.75 Å². The summed E-state index contributed by atoms with van der Waals surface area (Å²) in [7, 11) is 1.67. The van der Waals surface area contributed by atoms with Gasteiger partial charge in [-0.1, -0.05) is 23.8 Å². The van der Waals surface area contributed by atoms with Gasteiger partial charge < -0.3 is 10.1 Å². The molecule has 2 nitrogen and oxygen atoms in total. The van der Waals surface area contributed by atoms with Crippen LogP contribution in [0.15, 0.2) is 39.3 Å². The van der Waals surface area contributed by atoms with Crippen LogP contribution in [-0.4, -0.2) is 7.11 Å². The summed E-state index contributed by atoms with van der Waals surface area (Å²) in [5, 5.41) is 3.55.